The van der Waals surface area contributed by atoms with Crippen LogP contribution in [0.2, 0.25) is 0 Å². The monoisotopic (exact) mass is 388 g/mol. The molecule has 1 saturated heterocycles. The molecule has 0 bridgehead atoms. The van der Waals surface area contributed by atoms with Crippen LogP contribution in [0.1, 0.15) is 16.8 Å². The first-order chi connectivity index (χ1) is 14.2. The van der Waals surface area contributed by atoms with Gasteiger partial charge in [0.2, 0.25) is 0 Å². The summed E-state index contributed by atoms with van der Waals surface area (Å²) < 4.78 is 7.19. The highest BCUT2D eigenvalue weighted by Gasteiger charge is 2.18. The Labute approximate surface area is 167 Å². The highest BCUT2D eigenvalue weighted by molar-refractivity contribution is 5.97. The summed E-state index contributed by atoms with van der Waals surface area (Å²) in [7, 11) is 1.87. The van der Waals surface area contributed by atoms with Crippen LogP contribution < -0.4 is 0 Å². The molecule has 4 heterocycles. The molecule has 0 aliphatic carbocycles. The van der Waals surface area contributed by atoms with Crippen LogP contribution in [0.5, 0.6) is 0 Å². The van der Waals surface area contributed by atoms with Gasteiger partial charge in [-0.3, -0.25) is 14.5 Å². The number of fused-ring (bicyclic) bond motifs is 2. The van der Waals surface area contributed by atoms with E-state index in [9.17, 15) is 4.79 Å². The number of amides is 1. The summed E-state index contributed by atoms with van der Waals surface area (Å²) in [5.74, 6) is 0.00282. The van der Waals surface area contributed by atoms with Gasteiger partial charge >= 0.3 is 0 Å². The largest absolute Gasteiger partial charge is 0.380 e. The van der Waals surface area contributed by atoms with E-state index in [1.54, 1.807) is 17.1 Å². The SMILES string of the molecule is Cn1cc2cc(-c3cnc4ccc(C(=O)N5CCCOCC5)cc4n3)cnc2n1. The van der Waals surface area contributed by atoms with Crippen molar-refractivity contribution in [3.8, 4) is 11.3 Å². The number of aryl methyl sites for hydroxylation is 1. The molecule has 1 fully saturated rings. The maximum absolute atomic E-state index is 12.9. The molecule has 0 radical (unpaired) electrons. The van der Waals surface area contributed by atoms with Gasteiger partial charge in [0.25, 0.3) is 5.91 Å². The Morgan fingerprint density at radius 2 is 2.00 bits per heavy atom. The Morgan fingerprint density at radius 3 is 2.93 bits per heavy atom. The molecule has 0 N–H and O–H groups in total. The third kappa shape index (κ3) is 3.42. The zero-order chi connectivity index (χ0) is 19.8. The zero-order valence-electron chi connectivity index (χ0n) is 16.1. The van der Waals surface area contributed by atoms with E-state index in [4.69, 9.17) is 9.72 Å². The minimum Gasteiger partial charge on any atom is -0.380 e. The van der Waals surface area contributed by atoms with Gasteiger partial charge in [0.15, 0.2) is 5.65 Å². The Morgan fingerprint density at radius 1 is 1.07 bits per heavy atom. The molecular weight excluding hydrogens is 368 g/mol. The van der Waals surface area contributed by atoms with Crippen molar-refractivity contribution in [3.63, 3.8) is 0 Å². The molecule has 0 spiro atoms. The van der Waals surface area contributed by atoms with Gasteiger partial charge < -0.3 is 9.64 Å². The minimum atomic E-state index is 0.00282. The average molecular weight is 388 g/mol. The number of benzene rings is 1. The number of pyridine rings is 1. The highest BCUT2D eigenvalue weighted by Crippen LogP contribution is 2.23. The molecule has 0 saturated carbocycles. The number of nitrogens with zero attached hydrogens (tertiary/aromatic N) is 6. The third-order valence-corrected chi connectivity index (χ3v) is 5.07. The first-order valence-electron chi connectivity index (χ1n) is 9.61. The van der Waals surface area contributed by atoms with Gasteiger partial charge in [-0.15, -0.1) is 0 Å². The lowest BCUT2D eigenvalue weighted by Crippen LogP contribution is -2.33. The van der Waals surface area contributed by atoms with Crippen molar-refractivity contribution in [1.29, 1.82) is 0 Å². The quantitative estimate of drug-likeness (QED) is 0.524. The molecule has 0 atom stereocenters. The van der Waals surface area contributed by atoms with Gasteiger partial charge in [0.05, 0.1) is 29.5 Å². The zero-order valence-corrected chi connectivity index (χ0v) is 16.1. The summed E-state index contributed by atoms with van der Waals surface area (Å²) in [5, 5.41) is 5.24. The summed E-state index contributed by atoms with van der Waals surface area (Å²) >= 11 is 0. The third-order valence-electron chi connectivity index (χ3n) is 5.07. The topological polar surface area (TPSA) is 86.0 Å². The Hall–Kier alpha value is -3.39. The number of ether oxygens (including phenoxy) is 1. The number of carbonyl (C=O) groups is 1. The van der Waals surface area contributed by atoms with E-state index in [-0.39, 0.29) is 5.91 Å². The van der Waals surface area contributed by atoms with Crippen LogP contribution in [-0.2, 0) is 11.8 Å². The molecule has 1 amide bonds. The fraction of sp³-hybridized carbons (Fsp3) is 0.286. The summed E-state index contributed by atoms with van der Waals surface area (Å²) in [5.41, 5.74) is 4.32. The fourth-order valence-electron chi connectivity index (χ4n) is 3.59. The van der Waals surface area contributed by atoms with Crippen molar-refractivity contribution >= 4 is 28.0 Å². The summed E-state index contributed by atoms with van der Waals surface area (Å²) in [6.07, 6.45) is 6.25. The van der Waals surface area contributed by atoms with Crippen LogP contribution in [0.25, 0.3) is 33.3 Å². The van der Waals surface area contributed by atoms with Crippen LogP contribution in [0.4, 0.5) is 0 Å². The van der Waals surface area contributed by atoms with Crippen LogP contribution in [-0.4, -0.2) is 61.8 Å². The lowest BCUT2D eigenvalue weighted by atomic mass is 10.1. The number of rotatable bonds is 2. The van der Waals surface area contributed by atoms with E-state index < -0.39 is 0 Å². The van der Waals surface area contributed by atoms with Crippen molar-refractivity contribution in [1.82, 2.24) is 29.6 Å². The normalized spacial score (nSPS) is 15.0. The standard InChI is InChI=1S/C21H20N6O2/c1-26-13-16-9-15(11-23-20(16)25-26)19-12-22-17-4-3-14(10-18(17)24-19)21(28)27-5-2-7-29-8-6-27/h3-4,9-13H,2,5-8H2,1H3. The van der Waals surface area contributed by atoms with E-state index >= 15 is 0 Å². The van der Waals surface area contributed by atoms with Crippen LogP contribution in [0, 0.1) is 0 Å². The molecule has 5 rings (SSSR count). The highest BCUT2D eigenvalue weighted by atomic mass is 16.5. The molecule has 1 aromatic carbocycles. The van der Waals surface area contributed by atoms with E-state index in [1.807, 2.05) is 42.4 Å². The molecule has 29 heavy (non-hydrogen) atoms. The van der Waals surface area contributed by atoms with Crippen LogP contribution >= 0.6 is 0 Å². The predicted molar refractivity (Wildman–Crippen MR) is 108 cm³/mol. The maximum Gasteiger partial charge on any atom is 0.254 e. The van der Waals surface area contributed by atoms with Crippen molar-refractivity contribution in [2.24, 2.45) is 7.05 Å². The summed E-state index contributed by atoms with van der Waals surface area (Å²) in [4.78, 5) is 28.4. The van der Waals surface area contributed by atoms with Crippen molar-refractivity contribution in [3.05, 3.63) is 48.4 Å². The minimum absolute atomic E-state index is 0.00282. The van der Waals surface area contributed by atoms with E-state index in [0.29, 0.717) is 48.7 Å². The summed E-state index contributed by atoms with van der Waals surface area (Å²) in [6.45, 7) is 2.59. The first kappa shape index (κ1) is 17.7. The Balaban J connectivity index is 1.50. The van der Waals surface area contributed by atoms with Crippen molar-refractivity contribution in [2.45, 2.75) is 6.42 Å². The number of hydrogen-bond acceptors (Lipinski definition) is 6. The maximum atomic E-state index is 12.9. The van der Waals surface area contributed by atoms with Crippen LogP contribution in [0.15, 0.2) is 42.9 Å². The second kappa shape index (κ2) is 7.21. The summed E-state index contributed by atoms with van der Waals surface area (Å²) in [6, 6.07) is 7.47. The van der Waals surface area contributed by atoms with E-state index in [0.717, 1.165) is 22.9 Å². The average Bonchev–Trinajstić information content (AvgIpc) is 2.93. The Bertz CT molecular complexity index is 1210. The van der Waals surface area contributed by atoms with Gasteiger partial charge in [-0.05, 0) is 30.7 Å². The molecule has 0 unspecified atom stereocenters. The second-order valence-electron chi connectivity index (χ2n) is 7.16. The van der Waals surface area contributed by atoms with Gasteiger partial charge in [0.1, 0.15) is 0 Å². The fourth-order valence-corrected chi connectivity index (χ4v) is 3.59. The van der Waals surface area contributed by atoms with Crippen molar-refractivity contribution in [2.75, 3.05) is 26.3 Å². The molecule has 8 nitrogen and oxygen atoms in total. The van der Waals surface area contributed by atoms with Gasteiger partial charge in [-0.1, -0.05) is 0 Å². The van der Waals surface area contributed by atoms with Crippen LogP contribution in [0.3, 0.4) is 0 Å². The van der Waals surface area contributed by atoms with E-state index in [1.165, 1.54) is 0 Å². The molecule has 3 aromatic heterocycles. The van der Waals surface area contributed by atoms with Gasteiger partial charge in [-0.25, -0.2) is 9.97 Å². The lowest BCUT2D eigenvalue weighted by molar-refractivity contribution is 0.0741. The van der Waals surface area contributed by atoms with E-state index in [2.05, 4.69) is 15.1 Å². The number of hydrogen-bond donors (Lipinski definition) is 0. The smallest absolute Gasteiger partial charge is 0.254 e. The Kier molecular flexibility index (Phi) is 4.40. The number of aromatic nitrogens is 5. The predicted octanol–water partition coefficient (Wildman–Crippen LogP) is 2.44. The van der Waals surface area contributed by atoms with Gasteiger partial charge in [-0.2, -0.15) is 5.10 Å². The molecule has 4 aromatic rings. The molecule has 146 valence electrons. The molecule has 1 aliphatic rings. The molecule has 1 aliphatic heterocycles. The molecular formula is C21H20N6O2. The second-order valence-corrected chi connectivity index (χ2v) is 7.16. The number of carbonyl (C=O) groups excluding carboxylic acids is 1. The first-order valence-corrected chi connectivity index (χ1v) is 9.61. The molecule has 8 heteroatoms. The van der Waals surface area contributed by atoms with Gasteiger partial charge in [0, 0.05) is 55.7 Å². The lowest BCUT2D eigenvalue weighted by Gasteiger charge is -2.19. The van der Waals surface area contributed by atoms with Crippen molar-refractivity contribution < 1.29 is 9.53 Å².